The van der Waals surface area contributed by atoms with E-state index in [1.807, 2.05) is 0 Å². The summed E-state index contributed by atoms with van der Waals surface area (Å²) in [6.45, 7) is 0. The van der Waals surface area contributed by atoms with Crippen molar-refractivity contribution in [3.8, 4) is 0 Å². The van der Waals surface area contributed by atoms with E-state index in [0.717, 1.165) is 12.1 Å². The highest BCUT2D eigenvalue weighted by molar-refractivity contribution is 6.07. The third kappa shape index (κ3) is 2.92. The van der Waals surface area contributed by atoms with E-state index in [4.69, 9.17) is 5.11 Å². The number of nitrogens with zero attached hydrogens (tertiary/aromatic N) is 1. The van der Waals surface area contributed by atoms with Gasteiger partial charge in [0.1, 0.15) is 5.82 Å². The molecular formula is C13H9FN2O3. The Morgan fingerprint density at radius 2 is 1.84 bits per heavy atom. The van der Waals surface area contributed by atoms with Crippen LogP contribution in [0.4, 0.5) is 10.1 Å². The number of carbonyl (C=O) groups is 2. The second kappa shape index (κ2) is 5.26. The molecule has 0 aliphatic rings. The maximum Gasteiger partial charge on any atom is 0.337 e. The first-order valence-electron chi connectivity index (χ1n) is 5.32. The van der Waals surface area contributed by atoms with Crippen molar-refractivity contribution < 1.29 is 19.1 Å². The molecule has 19 heavy (non-hydrogen) atoms. The van der Waals surface area contributed by atoms with Crippen LogP contribution in [0.2, 0.25) is 0 Å². The molecule has 1 aromatic heterocycles. The monoisotopic (exact) mass is 260 g/mol. The number of pyridine rings is 1. The van der Waals surface area contributed by atoms with E-state index in [1.54, 1.807) is 0 Å². The number of anilines is 1. The molecule has 2 N–H and O–H groups in total. The SMILES string of the molecule is O=C(Nc1cnccc1C(=O)O)c1ccc(F)cc1. The van der Waals surface area contributed by atoms with Crippen LogP contribution >= 0.6 is 0 Å². The second-order valence-corrected chi connectivity index (χ2v) is 3.69. The zero-order valence-electron chi connectivity index (χ0n) is 9.63. The Kier molecular flexibility index (Phi) is 3.51. The van der Waals surface area contributed by atoms with Gasteiger partial charge in [0.25, 0.3) is 5.91 Å². The van der Waals surface area contributed by atoms with Gasteiger partial charge in [-0.05, 0) is 30.3 Å². The van der Waals surface area contributed by atoms with Gasteiger partial charge in [0.05, 0.1) is 17.4 Å². The summed E-state index contributed by atoms with van der Waals surface area (Å²) in [5.41, 5.74) is 0.247. The number of amides is 1. The van der Waals surface area contributed by atoms with E-state index < -0.39 is 17.7 Å². The third-order valence-electron chi connectivity index (χ3n) is 2.41. The van der Waals surface area contributed by atoms with Gasteiger partial charge in [-0.2, -0.15) is 0 Å². The summed E-state index contributed by atoms with van der Waals surface area (Å²) < 4.78 is 12.7. The van der Waals surface area contributed by atoms with Gasteiger partial charge in [-0.3, -0.25) is 9.78 Å². The lowest BCUT2D eigenvalue weighted by molar-refractivity contribution is 0.0698. The molecule has 0 fully saturated rings. The first-order chi connectivity index (χ1) is 9.08. The molecule has 96 valence electrons. The van der Waals surface area contributed by atoms with E-state index >= 15 is 0 Å². The predicted octanol–water partition coefficient (Wildman–Crippen LogP) is 2.17. The molecule has 0 radical (unpaired) electrons. The molecule has 0 unspecified atom stereocenters. The van der Waals surface area contributed by atoms with Gasteiger partial charge in [0, 0.05) is 11.8 Å². The molecule has 0 saturated carbocycles. The average molecular weight is 260 g/mol. The van der Waals surface area contributed by atoms with Crippen molar-refractivity contribution in [3.05, 3.63) is 59.7 Å². The highest BCUT2D eigenvalue weighted by Crippen LogP contribution is 2.15. The number of carboxylic acid groups (broad SMARTS) is 1. The van der Waals surface area contributed by atoms with Crippen molar-refractivity contribution in [2.24, 2.45) is 0 Å². The second-order valence-electron chi connectivity index (χ2n) is 3.69. The number of halogens is 1. The number of carboxylic acids is 1. The molecule has 0 aliphatic carbocycles. The lowest BCUT2D eigenvalue weighted by Gasteiger charge is -2.07. The topological polar surface area (TPSA) is 79.3 Å². The molecule has 0 saturated heterocycles. The van der Waals surface area contributed by atoms with E-state index in [0.29, 0.717) is 0 Å². The van der Waals surface area contributed by atoms with Gasteiger partial charge < -0.3 is 10.4 Å². The van der Waals surface area contributed by atoms with Crippen LogP contribution in [0.25, 0.3) is 0 Å². The molecule has 1 aromatic carbocycles. The molecule has 0 aliphatic heterocycles. The van der Waals surface area contributed by atoms with E-state index in [9.17, 15) is 14.0 Å². The summed E-state index contributed by atoms with van der Waals surface area (Å²) in [4.78, 5) is 26.6. The number of aromatic nitrogens is 1. The van der Waals surface area contributed by atoms with Crippen molar-refractivity contribution in [1.82, 2.24) is 4.98 Å². The van der Waals surface area contributed by atoms with Crippen LogP contribution in [0.5, 0.6) is 0 Å². The third-order valence-corrected chi connectivity index (χ3v) is 2.41. The summed E-state index contributed by atoms with van der Waals surface area (Å²) in [6, 6.07) is 6.19. The molecule has 1 amide bonds. The number of hydrogen-bond acceptors (Lipinski definition) is 3. The number of aromatic carboxylic acids is 1. The Balaban J connectivity index is 2.24. The fourth-order valence-electron chi connectivity index (χ4n) is 1.48. The summed E-state index contributed by atoms with van der Waals surface area (Å²) >= 11 is 0. The Labute approximate surface area is 107 Å². The summed E-state index contributed by atoms with van der Waals surface area (Å²) in [7, 11) is 0. The molecular weight excluding hydrogens is 251 g/mol. The lowest BCUT2D eigenvalue weighted by Crippen LogP contribution is -2.15. The number of hydrogen-bond donors (Lipinski definition) is 2. The Hall–Kier alpha value is -2.76. The first-order valence-corrected chi connectivity index (χ1v) is 5.32. The van der Waals surface area contributed by atoms with E-state index in [-0.39, 0.29) is 16.8 Å². The van der Waals surface area contributed by atoms with Crippen LogP contribution in [0.1, 0.15) is 20.7 Å². The molecule has 1 heterocycles. The van der Waals surface area contributed by atoms with Crippen molar-refractivity contribution >= 4 is 17.6 Å². The molecule has 5 nitrogen and oxygen atoms in total. The Bertz CT molecular complexity index is 626. The number of rotatable bonds is 3. The quantitative estimate of drug-likeness (QED) is 0.886. The Morgan fingerprint density at radius 1 is 1.16 bits per heavy atom. The van der Waals surface area contributed by atoms with E-state index in [1.165, 1.54) is 30.6 Å². The standard InChI is InChI=1S/C13H9FN2O3/c14-9-3-1-8(2-4-9)12(17)16-11-7-15-6-5-10(11)13(18)19/h1-7H,(H,16,17)(H,18,19). The van der Waals surface area contributed by atoms with Gasteiger partial charge in [0.2, 0.25) is 0 Å². The lowest BCUT2D eigenvalue weighted by atomic mass is 10.2. The number of carbonyl (C=O) groups excluding carboxylic acids is 1. The maximum absolute atomic E-state index is 12.7. The van der Waals surface area contributed by atoms with Gasteiger partial charge in [-0.25, -0.2) is 9.18 Å². The van der Waals surface area contributed by atoms with Crippen LogP contribution < -0.4 is 5.32 Å². The first kappa shape index (κ1) is 12.7. The zero-order chi connectivity index (χ0) is 13.8. The maximum atomic E-state index is 12.7. The van der Waals surface area contributed by atoms with Gasteiger partial charge in [-0.1, -0.05) is 0 Å². The highest BCUT2D eigenvalue weighted by atomic mass is 19.1. The molecule has 0 atom stereocenters. The summed E-state index contributed by atoms with van der Waals surface area (Å²) in [6.07, 6.45) is 2.56. The van der Waals surface area contributed by atoms with Crippen molar-refractivity contribution in [2.75, 3.05) is 5.32 Å². The minimum Gasteiger partial charge on any atom is -0.478 e. The smallest absolute Gasteiger partial charge is 0.337 e. The molecule has 0 bridgehead atoms. The average Bonchev–Trinajstić information content (AvgIpc) is 2.39. The van der Waals surface area contributed by atoms with Crippen LogP contribution in [-0.4, -0.2) is 22.0 Å². The van der Waals surface area contributed by atoms with Gasteiger partial charge in [-0.15, -0.1) is 0 Å². The van der Waals surface area contributed by atoms with Gasteiger partial charge >= 0.3 is 5.97 Å². The van der Waals surface area contributed by atoms with Crippen molar-refractivity contribution in [1.29, 1.82) is 0 Å². The highest BCUT2D eigenvalue weighted by Gasteiger charge is 2.13. The molecule has 0 spiro atoms. The summed E-state index contributed by atoms with van der Waals surface area (Å²) in [5.74, 6) is -2.16. The van der Waals surface area contributed by atoms with Crippen LogP contribution in [0, 0.1) is 5.82 Å². The summed E-state index contributed by atoms with van der Waals surface area (Å²) in [5, 5.41) is 11.4. The number of benzene rings is 1. The fourth-order valence-corrected chi connectivity index (χ4v) is 1.48. The largest absolute Gasteiger partial charge is 0.478 e. The normalized spacial score (nSPS) is 9.95. The zero-order valence-corrected chi connectivity index (χ0v) is 9.63. The molecule has 2 aromatic rings. The minimum absolute atomic E-state index is 0.0644. The molecule has 2 rings (SSSR count). The van der Waals surface area contributed by atoms with E-state index in [2.05, 4.69) is 10.3 Å². The minimum atomic E-state index is -1.17. The van der Waals surface area contributed by atoms with Crippen molar-refractivity contribution in [3.63, 3.8) is 0 Å². The number of nitrogens with one attached hydrogen (secondary N) is 1. The fraction of sp³-hybridized carbons (Fsp3) is 0. The van der Waals surface area contributed by atoms with Crippen LogP contribution in [0.3, 0.4) is 0 Å². The van der Waals surface area contributed by atoms with Gasteiger partial charge in [0.15, 0.2) is 0 Å². The Morgan fingerprint density at radius 3 is 2.47 bits per heavy atom. The molecule has 6 heteroatoms. The van der Waals surface area contributed by atoms with Crippen LogP contribution in [-0.2, 0) is 0 Å². The van der Waals surface area contributed by atoms with Crippen molar-refractivity contribution in [2.45, 2.75) is 0 Å². The van der Waals surface area contributed by atoms with Crippen LogP contribution in [0.15, 0.2) is 42.7 Å². The predicted molar refractivity (Wildman–Crippen MR) is 65.5 cm³/mol.